The van der Waals surface area contributed by atoms with Gasteiger partial charge in [-0.2, -0.15) is 14.2 Å². The predicted molar refractivity (Wildman–Crippen MR) is 113 cm³/mol. The molecule has 2 aliphatic heterocycles. The Balaban J connectivity index is 1.57. The Morgan fingerprint density at radius 1 is 1.27 bits per heavy atom. The van der Waals surface area contributed by atoms with Crippen LogP contribution in [-0.2, 0) is 15.6 Å². The highest BCUT2D eigenvalue weighted by Gasteiger charge is 2.39. The molecule has 1 amide bonds. The number of aliphatic hydroxyl groups is 1. The number of halogens is 2. The first-order chi connectivity index (χ1) is 15.4. The summed E-state index contributed by atoms with van der Waals surface area (Å²) in [6, 6.07) is 0.0725. The first-order valence-electron chi connectivity index (χ1n) is 10.6. The van der Waals surface area contributed by atoms with Gasteiger partial charge in [0, 0.05) is 19.5 Å². The standard InChI is InChI=1S/C20H28F2N8O3/c1-19(2,3)10-29-15-7-13(26-14-9-23-12(8-24-14)20(4,21)22)27-30(15)18(32)16(33-28-29)17(31)25-11-5-6-11/h7-9,11,13,27-28,32H,5-6,10H2,1-4H3,(H,24,26)(H,25,31). The van der Waals surface area contributed by atoms with Crippen molar-refractivity contribution >= 4 is 11.7 Å². The molecule has 13 heteroatoms. The first-order valence-corrected chi connectivity index (χ1v) is 10.6. The molecule has 0 spiro atoms. The van der Waals surface area contributed by atoms with Crippen LogP contribution in [0.3, 0.4) is 0 Å². The normalized spacial score (nSPS) is 21.3. The molecule has 1 aliphatic carbocycles. The summed E-state index contributed by atoms with van der Waals surface area (Å²) in [5.41, 5.74) is 5.14. The number of hydrogen-bond donors (Lipinski definition) is 5. The van der Waals surface area contributed by atoms with E-state index >= 15 is 0 Å². The second-order valence-corrected chi connectivity index (χ2v) is 9.53. The molecule has 1 saturated carbocycles. The number of hydrogen-bond acceptors (Lipinski definition) is 10. The summed E-state index contributed by atoms with van der Waals surface area (Å²) in [7, 11) is 0. The van der Waals surface area contributed by atoms with Gasteiger partial charge in [-0.1, -0.05) is 26.4 Å². The largest absolute Gasteiger partial charge is 0.491 e. The number of alkyl halides is 2. The smallest absolute Gasteiger partial charge is 0.295 e. The lowest BCUT2D eigenvalue weighted by Crippen LogP contribution is -2.46. The molecule has 0 saturated heterocycles. The van der Waals surface area contributed by atoms with E-state index in [1.165, 1.54) is 11.2 Å². The quantitative estimate of drug-likeness (QED) is 0.423. The van der Waals surface area contributed by atoms with E-state index in [0.717, 1.165) is 26.0 Å². The fraction of sp³-hybridized carbons (Fsp3) is 0.550. The van der Waals surface area contributed by atoms with Crippen LogP contribution in [0.15, 0.2) is 35.9 Å². The minimum Gasteiger partial charge on any atom is -0.491 e. The molecule has 1 aromatic heterocycles. The molecule has 180 valence electrons. The molecule has 0 radical (unpaired) electrons. The Morgan fingerprint density at radius 3 is 2.58 bits per heavy atom. The van der Waals surface area contributed by atoms with Crippen LogP contribution in [0.5, 0.6) is 0 Å². The monoisotopic (exact) mass is 466 g/mol. The zero-order valence-corrected chi connectivity index (χ0v) is 18.8. The van der Waals surface area contributed by atoms with Crippen molar-refractivity contribution in [2.45, 2.75) is 58.7 Å². The maximum absolute atomic E-state index is 13.4. The number of carbonyl (C=O) groups excluding carboxylic acids is 1. The molecule has 3 heterocycles. The van der Waals surface area contributed by atoms with Gasteiger partial charge in [-0.25, -0.2) is 15.0 Å². The van der Waals surface area contributed by atoms with E-state index in [-0.39, 0.29) is 23.0 Å². The van der Waals surface area contributed by atoms with Crippen molar-refractivity contribution in [1.82, 2.24) is 36.3 Å². The molecule has 33 heavy (non-hydrogen) atoms. The summed E-state index contributed by atoms with van der Waals surface area (Å²) in [6.45, 7) is 7.29. The minimum atomic E-state index is -3.09. The topological polar surface area (TPSA) is 127 Å². The molecule has 1 unspecified atom stereocenters. The lowest BCUT2D eigenvalue weighted by atomic mass is 9.97. The SMILES string of the molecule is CC(C)(C)CN1NOC(C(=O)NC2CC2)=C(O)N2NC(Nc3cnc(C(C)(F)F)cn3)C=C12. The predicted octanol–water partition coefficient (Wildman–Crippen LogP) is 1.79. The van der Waals surface area contributed by atoms with Crippen LogP contribution in [0.2, 0.25) is 0 Å². The van der Waals surface area contributed by atoms with Crippen molar-refractivity contribution in [3.63, 3.8) is 0 Å². The Hall–Kier alpha value is -3.19. The fourth-order valence-electron chi connectivity index (χ4n) is 3.22. The number of carbonyl (C=O) groups is 1. The second-order valence-electron chi connectivity index (χ2n) is 9.53. The molecular weight excluding hydrogens is 438 g/mol. The Bertz CT molecular complexity index is 967. The van der Waals surface area contributed by atoms with Gasteiger partial charge in [-0.3, -0.25) is 9.80 Å². The summed E-state index contributed by atoms with van der Waals surface area (Å²) in [6.07, 6.45) is 5.10. The third-order valence-corrected chi connectivity index (χ3v) is 4.92. The van der Waals surface area contributed by atoms with Gasteiger partial charge < -0.3 is 20.6 Å². The van der Waals surface area contributed by atoms with Gasteiger partial charge >= 0.3 is 0 Å². The average molecular weight is 466 g/mol. The second kappa shape index (κ2) is 8.30. The third-order valence-electron chi connectivity index (χ3n) is 4.92. The van der Waals surface area contributed by atoms with Crippen LogP contribution < -0.4 is 21.6 Å². The maximum Gasteiger partial charge on any atom is 0.295 e. The highest BCUT2D eigenvalue weighted by molar-refractivity contribution is 5.92. The van der Waals surface area contributed by atoms with Gasteiger partial charge in [-0.15, -0.1) is 0 Å². The number of amides is 1. The van der Waals surface area contributed by atoms with Crippen LogP contribution in [0.25, 0.3) is 0 Å². The minimum absolute atomic E-state index is 0.0725. The van der Waals surface area contributed by atoms with E-state index in [1.807, 2.05) is 20.8 Å². The molecule has 0 bridgehead atoms. The highest BCUT2D eigenvalue weighted by Crippen LogP contribution is 2.29. The fourth-order valence-corrected chi connectivity index (χ4v) is 3.22. The number of anilines is 1. The summed E-state index contributed by atoms with van der Waals surface area (Å²) >= 11 is 0. The lowest BCUT2D eigenvalue weighted by molar-refractivity contribution is -0.126. The van der Waals surface area contributed by atoms with Crippen molar-refractivity contribution in [1.29, 1.82) is 0 Å². The Morgan fingerprint density at radius 2 is 2.00 bits per heavy atom. The van der Waals surface area contributed by atoms with Crippen LogP contribution in [0.1, 0.15) is 46.2 Å². The van der Waals surface area contributed by atoms with E-state index in [2.05, 4.69) is 31.6 Å². The number of fused-ring (bicyclic) bond motifs is 1. The molecular formula is C20H28F2N8O3. The van der Waals surface area contributed by atoms with Crippen molar-refractivity contribution in [2.75, 3.05) is 11.9 Å². The summed E-state index contributed by atoms with van der Waals surface area (Å²) in [5.74, 6) is -3.63. The number of hydrazine groups is 2. The van der Waals surface area contributed by atoms with Crippen LogP contribution in [-0.4, -0.2) is 49.8 Å². The molecule has 1 fully saturated rings. The number of aromatic nitrogens is 2. The lowest BCUT2D eigenvalue weighted by Gasteiger charge is -2.32. The van der Waals surface area contributed by atoms with Crippen molar-refractivity contribution < 1.29 is 23.5 Å². The van der Waals surface area contributed by atoms with E-state index < -0.39 is 29.6 Å². The van der Waals surface area contributed by atoms with Crippen molar-refractivity contribution in [3.8, 4) is 0 Å². The van der Waals surface area contributed by atoms with Gasteiger partial charge in [0.1, 0.15) is 23.5 Å². The number of aliphatic hydroxyl groups excluding tert-OH is 1. The van der Waals surface area contributed by atoms with Crippen LogP contribution in [0, 0.1) is 5.41 Å². The van der Waals surface area contributed by atoms with Gasteiger partial charge in [0.05, 0.1) is 12.4 Å². The number of nitrogens with one attached hydrogen (secondary N) is 4. The maximum atomic E-state index is 13.4. The van der Waals surface area contributed by atoms with E-state index in [0.29, 0.717) is 12.4 Å². The number of nitrogens with zero attached hydrogens (tertiary/aromatic N) is 4. The summed E-state index contributed by atoms with van der Waals surface area (Å²) < 4.78 is 26.8. The molecule has 1 atom stereocenters. The van der Waals surface area contributed by atoms with E-state index in [9.17, 15) is 18.7 Å². The number of rotatable bonds is 6. The Labute approximate surface area is 189 Å². The van der Waals surface area contributed by atoms with Gasteiger partial charge in [-0.05, 0) is 24.3 Å². The molecule has 5 N–H and O–H groups in total. The van der Waals surface area contributed by atoms with Gasteiger partial charge in [0.25, 0.3) is 23.5 Å². The van der Waals surface area contributed by atoms with Gasteiger partial charge in [0.2, 0.25) is 0 Å². The molecule has 11 nitrogen and oxygen atoms in total. The summed E-state index contributed by atoms with van der Waals surface area (Å²) in [4.78, 5) is 25.8. The van der Waals surface area contributed by atoms with Crippen molar-refractivity contribution in [3.05, 3.63) is 41.6 Å². The molecule has 4 rings (SSSR count). The molecule has 0 aromatic carbocycles. The van der Waals surface area contributed by atoms with Crippen LogP contribution >= 0.6 is 0 Å². The van der Waals surface area contributed by atoms with E-state index in [1.54, 1.807) is 11.1 Å². The van der Waals surface area contributed by atoms with Crippen LogP contribution in [0.4, 0.5) is 14.6 Å². The Kier molecular flexibility index (Phi) is 5.78. The zero-order chi connectivity index (χ0) is 24.0. The molecule has 1 aromatic rings. The average Bonchev–Trinajstić information content (AvgIpc) is 3.43. The highest BCUT2D eigenvalue weighted by atomic mass is 19.3. The third kappa shape index (κ3) is 5.42. The van der Waals surface area contributed by atoms with Crippen molar-refractivity contribution in [2.24, 2.45) is 5.41 Å². The van der Waals surface area contributed by atoms with Gasteiger partial charge in [0.15, 0.2) is 0 Å². The molecule has 3 aliphatic rings. The summed E-state index contributed by atoms with van der Waals surface area (Å²) in [5, 5.41) is 19.6. The van der Waals surface area contributed by atoms with E-state index in [4.69, 9.17) is 4.84 Å². The zero-order valence-electron chi connectivity index (χ0n) is 18.8. The first kappa shape index (κ1) is 23.0.